The summed E-state index contributed by atoms with van der Waals surface area (Å²) in [6.45, 7) is 0. The SMILES string of the molecule is COc1cc(/C=C2/SC(=S)N(NC(=O)c3ccc(Cl)cc3)C2=O)cc(Br)c1OC. The molecular formula is C19H14BrClN2O4S2. The molecular weight excluding hydrogens is 500 g/mol. The zero-order valence-electron chi connectivity index (χ0n) is 15.2. The van der Waals surface area contributed by atoms with Crippen molar-refractivity contribution in [3.05, 3.63) is 61.9 Å². The highest BCUT2D eigenvalue weighted by Gasteiger charge is 2.34. The first kappa shape index (κ1) is 21.6. The second-order valence-corrected chi connectivity index (χ2v) is 8.67. The van der Waals surface area contributed by atoms with Crippen molar-refractivity contribution in [1.29, 1.82) is 0 Å². The number of methoxy groups -OCH3 is 2. The Labute approximate surface area is 190 Å². The molecule has 29 heavy (non-hydrogen) atoms. The van der Waals surface area contributed by atoms with Crippen molar-refractivity contribution in [2.24, 2.45) is 0 Å². The van der Waals surface area contributed by atoms with Gasteiger partial charge in [-0.3, -0.25) is 15.0 Å². The summed E-state index contributed by atoms with van der Waals surface area (Å²) in [5.41, 5.74) is 3.59. The fourth-order valence-corrected chi connectivity index (χ4v) is 4.43. The third kappa shape index (κ3) is 4.75. The van der Waals surface area contributed by atoms with E-state index in [4.69, 9.17) is 33.3 Å². The number of rotatable bonds is 5. The fourth-order valence-electron chi connectivity index (χ4n) is 2.50. The van der Waals surface area contributed by atoms with Crippen molar-refractivity contribution >= 4 is 73.7 Å². The number of hydrogen-bond acceptors (Lipinski definition) is 6. The molecule has 1 N–H and O–H groups in total. The number of carbonyl (C=O) groups excluding carboxylic acids is 2. The Hall–Kier alpha value is -2.07. The van der Waals surface area contributed by atoms with Crippen LogP contribution in [0, 0.1) is 0 Å². The minimum absolute atomic E-state index is 0.225. The monoisotopic (exact) mass is 512 g/mol. The quantitative estimate of drug-likeness (QED) is 0.463. The first-order valence-corrected chi connectivity index (χ1v) is 10.5. The van der Waals surface area contributed by atoms with Crippen LogP contribution in [-0.4, -0.2) is 35.4 Å². The summed E-state index contributed by atoms with van der Waals surface area (Å²) >= 11 is 15.6. The maximum atomic E-state index is 12.7. The molecule has 3 rings (SSSR count). The molecule has 150 valence electrons. The Balaban J connectivity index is 1.82. The number of amides is 2. The summed E-state index contributed by atoms with van der Waals surface area (Å²) in [5, 5.41) is 1.56. The number of hydrogen-bond donors (Lipinski definition) is 1. The lowest BCUT2D eigenvalue weighted by molar-refractivity contribution is -0.123. The van der Waals surface area contributed by atoms with E-state index in [1.165, 1.54) is 14.2 Å². The molecule has 2 aromatic rings. The molecule has 2 amide bonds. The van der Waals surface area contributed by atoms with Gasteiger partial charge in [-0.15, -0.1) is 0 Å². The minimum Gasteiger partial charge on any atom is -0.493 e. The van der Waals surface area contributed by atoms with Gasteiger partial charge in [-0.2, -0.15) is 5.01 Å². The molecule has 0 saturated carbocycles. The van der Waals surface area contributed by atoms with E-state index in [1.54, 1.807) is 42.5 Å². The molecule has 0 aromatic heterocycles. The maximum Gasteiger partial charge on any atom is 0.285 e. The molecule has 6 nitrogen and oxygen atoms in total. The van der Waals surface area contributed by atoms with Crippen LogP contribution in [0.4, 0.5) is 0 Å². The van der Waals surface area contributed by atoms with Crippen LogP contribution >= 0.6 is 51.5 Å². The second-order valence-electron chi connectivity index (χ2n) is 5.70. The van der Waals surface area contributed by atoms with Crippen molar-refractivity contribution in [1.82, 2.24) is 10.4 Å². The number of nitrogens with one attached hydrogen (secondary N) is 1. The summed E-state index contributed by atoms with van der Waals surface area (Å²) in [5.74, 6) is 0.174. The largest absolute Gasteiger partial charge is 0.493 e. The topological polar surface area (TPSA) is 67.9 Å². The fraction of sp³-hybridized carbons (Fsp3) is 0.105. The van der Waals surface area contributed by atoms with Gasteiger partial charge < -0.3 is 9.47 Å². The lowest BCUT2D eigenvalue weighted by atomic mass is 10.2. The smallest absolute Gasteiger partial charge is 0.285 e. The molecule has 1 aliphatic heterocycles. The van der Waals surface area contributed by atoms with Gasteiger partial charge in [-0.1, -0.05) is 23.4 Å². The zero-order valence-corrected chi connectivity index (χ0v) is 19.2. The van der Waals surface area contributed by atoms with Gasteiger partial charge in [0.2, 0.25) is 0 Å². The van der Waals surface area contributed by atoms with Crippen LogP contribution in [0.3, 0.4) is 0 Å². The molecule has 0 radical (unpaired) electrons. The standard InChI is InChI=1S/C19H14BrClN2O4S2/c1-26-14-8-10(7-13(20)16(14)27-2)9-15-18(25)23(19(28)29-15)22-17(24)11-3-5-12(21)6-4-11/h3-9H,1-2H3,(H,22,24)/b15-9+. The van der Waals surface area contributed by atoms with Crippen molar-refractivity contribution in [2.45, 2.75) is 0 Å². The van der Waals surface area contributed by atoms with Crippen LogP contribution in [0.2, 0.25) is 5.02 Å². The van der Waals surface area contributed by atoms with Gasteiger partial charge in [-0.25, -0.2) is 0 Å². The molecule has 0 atom stereocenters. The van der Waals surface area contributed by atoms with E-state index in [1.807, 2.05) is 0 Å². The predicted octanol–water partition coefficient (Wildman–Crippen LogP) is 4.67. The minimum atomic E-state index is -0.465. The van der Waals surface area contributed by atoms with Crippen LogP contribution in [0.15, 0.2) is 45.8 Å². The van der Waals surface area contributed by atoms with Crippen LogP contribution in [0.5, 0.6) is 11.5 Å². The molecule has 0 spiro atoms. The Bertz CT molecular complexity index is 1030. The number of carbonyl (C=O) groups is 2. The Kier molecular flexibility index (Phi) is 6.84. The number of thiocarbonyl (C=S) groups is 1. The normalized spacial score (nSPS) is 15.0. The lowest BCUT2D eigenvalue weighted by Crippen LogP contribution is -2.44. The van der Waals surface area contributed by atoms with Gasteiger partial charge in [0.15, 0.2) is 15.8 Å². The van der Waals surface area contributed by atoms with Gasteiger partial charge in [0.1, 0.15) is 0 Å². The molecule has 1 heterocycles. The number of hydrazine groups is 1. The Morgan fingerprint density at radius 1 is 1.24 bits per heavy atom. The van der Waals surface area contributed by atoms with Gasteiger partial charge >= 0.3 is 0 Å². The number of benzene rings is 2. The van der Waals surface area contributed by atoms with E-state index >= 15 is 0 Å². The molecule has 1 fully saturated rings. The average molecular weight is 514 g/mol. The highest BCUT2D eigenvalue weighted by Crippen LogP contribution is 2.38. The average Bonchev–Trinajstić information content (AvgIpc) is 2.95. The molecule has 1 saturated heterocycles. The molecule has 1 aliphatic rings. The van der Waals surface area contributed by atoms with Crippen LogP contribution < -0.4 is 14.9 Å². The molecule has 0 bridgehead atoms. The number of ether oxygens (including phenoxy) is 2. The van der Waals surface area contributed by atoms with Gasteiger partial charge in [0, 0.05) is 10.6 Å². The third-order valence-corrected chi connectivity index (χ3v) is 6.01. The van der Waals surface area contributed by atoms with Gasteiger partial charge in [0.05, 0.1) is 23.6 Å². The first-order valence-electron chi connectivity index (χ1n) is 8.10. The van der Waals surface area contributed by atoms with E-state index in [9.17, 15) is 9.59 Å². The summed E-state index contributed by atoms with van der Waals surface area (Å²) < 4.78 is 11.5. The van der Waals surface area contributed by atoms with Crippen molar-refractivity contribution in [3.8, 4) is 11.5 Å². The van der Waals surface area contributed by atoms with Crippen molar-refractivity contribution in [2.75, 3.05) is 14.2 Å². The highest BCUT2D eigenvalue weighted by atomic mass is 79.9. The van der Waals surface area contributed by atoms with Crippen LogP contribution in [0.1, 0.15) is 15.9 Å². The van der Waals surface area contributed by atoms with E-state index in [0.717, 1.165) is 16.8 Å². The summed E-state index contributed by atoms with van der Waals surface area (Å²) in [7, 11) is 3.07. The van der Waals surface area contributed by atoms with E-state index in [0.29, 0.717) is 37.0 Å². The van der Waals surface area contributed by atoms with E-state index in [2.05, 4.69) is 21.4 Å². The maximum absolute atomic E-state index is 12.7. The van der Waals surface area contributed by atoms with E-state index < -0.39 is 11.8 Å². The first-order chi connectivity index (χ1) is 13.8. The number of halogens is 2. The molecule has 2 aromatic carbocycles. The van der Waals surface area contributed by atoms with Crippen LogP contribution in [-0.2, 0) is 4.79 Å². The molecule has 0 aliphatic carbocycles. The van der Waals surface area contributed by atoms with E-state index in [-0.39, 0.29) is 4.32 Å². The predicted molar refractivity (Wildman–Crippen MR) is 121 cm³/mol. The van der Waals surface area contributed by atoms with Gasteiger partial charge in [-0.05, 0) is 76.2 Å². The summed E-state index contributed by atoms with van der Waals surface area (Å²) in [6.07, 6.45) is 1.67. The summed E-state index contributed by atoms with van der Waals surface area (Å²) in [6, 6.07) is 9.84. The van der Waals surface area contributed by atoms with Gasteiger partial charge in [0.25, 0.3) is 11.8 Å². The third-order valence-electron chi connectivity index (χ3n) is 3.87. The van der Waals surface area contributed by atoms with Crippen LogP contribution in [0.25, 0.3) is 6.08 Å². The highest BCUT2D eigenvalue weighted by molar-refractivity contribution is 9.10. The number of thioether (sulfide) groups is 1. The van der Waals surface area contributed by atoms with Crippen molar-refractivity contribution < 1.29 is 19.1 Å². The van der Waals surface area contributed by atoms with Crippen molar-refractivity contribution in [3.63, 3.8) is 0 Å². The summed E-state index contributed by atoms with van der Waals surface area (Å²) in [4.78, 5) is 25.5. The lowest BCUT2D eigenvalue weighted by Gasteiger charge is -2.15. The molecule has 0 unspecified atom stereocenters. The Morgan fingerprint density at radius 3 is 2.55 bits per heavy atom. The number of nitrogens with zero attached hydrogens (tertiary/aromatic N) is 1. The molecule has 10 heteroatoms. The second kappa shape index (κ2) is 9.17. The Morgan fingerprint density at radius 2 is 1.93 bits per heavy atom. The zero-order chi connectivity index (χ0) is 21.1.